The van der Waals surface area contributed by atoms with Gasteiger partial charge in [0.1, 0.15) is 0 Å². The van der Waals surface area contributed by atoms with E-state index in [-0.39, 0.29) is 30.3 Å². The Balaban J connectivity index is 1.40. The van der Waals surface area contributed by atoms with E-state index < -0.39 is 0 Å². The first-order valence-electron chi connectivity index (χ1n) is 11.8. The molecule has 0 saturated carbocycles. The van der Waals surface area contributed by atoms with Gasteiger partial charge in [-0.25, -0.2) is 0 Å². The molecule has 0 aliphatic heterocycles. The van der Waals surface area contributed by atoms with Crippen molar-refractivity contribution in [2.45, 2.75) is 39.2 Å². The number of carbonyl (C=O) groups is 3. The molecule has 3 amide bonds. The molecule has 182 valence electrons. The number of rotatable bonds is 11. The van der Waals surface area contributed by atoms with E-state index in [0.29, 0.717) is 29.8 Å². The van der Waals surface area contributed by atoms with Crippen molar-refractivity contribution in [1.29, 1.82) is 0 Å². The van der Waals surface area contributed by atoms with Gasteiger partial charge in [-0.15, -0.1) is 0 Å². The highest BCUT2D eigenvalue weighted by molar-refractivity contribution is 5.96. The molecule has 0 radical (unpaired) electrons. The van der Waals surface area contributed by atoms with Gasteiger partial charge in [-0.05, 0) is 73.9 Å². The summed E-state index contributed by atoms with van der Waals surface area (Å²) < 4.78 is 0. The van der Waals surface area contributed by atoms with Crippen molar-refractivity contribution >= 4 is 34.8 Å². The number of amides is 3. The monoisotopic (exact) mass is 472 g/mol. The van der Waals surface area contributed by atoms with Crippen LogP contribution in [-0.2, 0) is 16.0 Å². The minimum atomic E-state index is -0.205. The van der Waals surface area contributed by atoms with Crippen LogP contribution in [0.4, 0.5) is 17.1 Å². The zero-order valence-electron chi connectivity index (χ0n) is 20.1. The molecule has 7 nitrogen and oxygen atoms in total. The maximum Gasteiger partial charge on any atom is 0.251 e. The topological polar surface area (TPSA) is 99.3 Å². The average Bonchev–Trinajstić information content (AvgIpc) is 2.88. The summed E-state index contributed by atoms with van der Waals surface area (Å²) in [6, 6.07) is 24.0. The largest absolute Gasteiger partial charge is 0.376 e. The first-order chi connectivity index (χ1) is 16.9. The second kappa shape index (κ2) is 12.9. The standard InChI is InChI=1S/C28H32N4O3/c1-3-20(2)30-28(35)22-10-12-23(13-11-22)29-19-27(34)32-25-16-14-24(15-17-25)31-26(33)18-9-21-7-5-4-6-8-21/h4-8,10-17,20,29H,3,9,18-19H2,1-2H3,(H,30,35)(H,31,33)(H,32,34). The third-order valence-corrected chi connectivity index (χ3v) is 5.53. The van der Waals surface area contributed by atoms with E-state index in [1.807, 2.05) is 44.2 Å². The molecule has 0 saturated heterocycles. The lowest BCUT2D eigenvalue weighted by atomic mass is 10.1. The van der Waals surface area contributed by atoms with Crippen LogP contribution in [-0.4, -0.2) is 30.3 Å². The van der Waals surface area contributed by atoms with Crippen LogP contribution < -0.4 is 21.3 Å². The van der Waals surface area contributed by atoms with Crippen LogP contribution in [0.3, 0.4) is 0 Å². The number of aryl methyl sites for hydroxylation is 1. The number of hydrogen-bond acceptors (Lipinski definition) is 4. The van der Waals surface area contributed by atoms with Crippen molar-refractivity contribution in [1.82, 2.24) is 5.32 Å². The Morgan fingerprint density at radius 3 is 1.91 bits per heavy atom. The molecule has 35 heavy (non-hydrogen) atoms. The Bertz CT molecular complexity index is 1110. The molecule has 0 fully saturated rings. The van der Waals surface area contributed by atoms with Crippen LogP contribution in [0.5, 0.6) is 0 Å². The van der Waals surface area contributed by atoms with Crippen LogP contribution in [0.25, 0.3) is 0 Å². The fourth-order valence-corrected chi connectivity index (χ4v) is 3.30. The van der Waals surface area contributed by atoms with Crippen LogP contribution in [0.2, 0.25) is 0 Å². The van der Waals surface area contributed by atoms with Crippen molar-refractivity contribution in [2.24, 2.45) is 0 Å². The molecule has 0 heterocycles. The average molecular weight is 473 g/mol. The lowest BCUT2D eigenvalue weighted by Crippen LogP contribution is -2.31. The second-order valence-electron chi connectivity index (χ2n) is 8.37. The van der Waals surface area contributed by atoms with Gasteiger partial charge in [0.2, 0.25) is 11.8 Å². The Morgan fingerprint density at radius 1 is 0.743 bits per heavy atom. The number of carbonyl (C=O) groups excluding carboxylic acids is 3. The highest BCUT2D eigenvalue weighted by atomic mass is 16.2. The Labute approximate surface area is 206 Å². The zero-order valence-corrected chi connectivity index (χ0v) is 20.1. The molecule has 1 atom stereocenters. The van der Waals surface area contributed by atoms with Gasteiger partial charge >= 0.3 is 0 Å². The summed E-state index contributed by atoms with van der Waals surface area (Å²) in [5.41, 5.74) is 3.76. The fraction of sp³-hybridized carbons (Fsp3) is 0.250. The molecule has 4 N–H and O–H groups in total. The van der Waals surface area contributed by atoms with Gasteiger partial charge in [0.25, 0.3) is 5.91 Å². The molecule has 7 heteroatoms. The highest BCUT2D eigenvalue weighted by Crippen LogP contribution is 2.15. The Kier molecular flexibility index (Phi) is 9.42. The van der Waals surface area contributed by atoms with Crippen molar-refractivity contribution in [2.75, 3.05) is 22.5 Å². The molecule has 0 aromatic heterocycles. The minimum Gasteiger partial charge on any atom is -0.376 e. The van der Waals surface area contributed by atoms with Gasteiger partial charge in [0.05, 0.1) is 6.54 Å². The molecular weight excluding hydrogens is 440 g/mol. The molecule has 3 aromatic rings. The maximum absolute atomic E-state index is 12.3. The van der Waals surface area contributed by atoms with Crippen LogP contribution in [0, 0.1) is 0 Å². The molecule has 3 aromatic carbocycles. The third-order valence-electron chi connectivity index (χ3n) is 5.53. The third kappa shape index (κ3) is 8.62. The number of hydrogen-bond donors (Lipinski definition) is 4. The van der Waals surface area contributed by atoms with E-state index in [1.54, 1.807) is 48.5 Å². The summed E-state index contributed by atoms with van der Waals surface area (Å²) in [5, 5.41) is 11.7. The molecule has 0 bridgehead atoms. The van der Waals surface area contributed by atoms with E-state index in [9.17, 15) is 14.4 Å². The van der Waals surface area contributed by atoms with Crippen LogP contribution >= 0.6 is 0 Å². The van der Waals surface area contributed by atoms with E-state index in [4.69, 9.17) is 0 Å². The molecule has 0 spiro atoms. The van der Waals surface area contributed by atoms with E-state index in [1.165, 1.54) is 0 Å². The zero-order chi connectivity index (χ0) is 25.0. The summed E-state index contributed by atoms with van der Waals surface area (Å²) in [6.07, 6.45) is 1.95. The van der Waals surface area contributed by atoms with Gasteiger partial charge in [0, 0.05) is 35.1 Å². The molecule has 3 rings (SSSR count). The number of benzene rings is 3. The first-order valence-corrected chi connectivity index (χ1v) is 11.8. The quantitative estimate of drug-likeness (QED) is 0.321. The maximum atomic E-state index is 12.3. The smallest absolute Gasteiger partial charge is 0.251 e. The van der Waals surface area contributed by atoms with Crippen molar-refractivity contribution in [3.05, 3.63) is 90.0 Å². The highest BCUT2D eigenvalue weighted by Gasteiger charge is 2.09. The van der Waals surface area contributed by atoms with Gasteiger partial charge < -0.3 is 21.3 Å². The lowest BCUT2D eigenvalue weighted by Gasteiger charge is -2.12. The minimum absolute atomic E-state index is 0.0572. The Hall–Kier alpha value is -4.13. The molecule has 0 aliphatic carbocycles. The fourth-order valence-electron chi connectivity index (χ4n) is 3.30. The summed E-state index contributed by atoms with van der Waals surface area (Å²) in [5.74, 6) is -0.374. The number of nitrogens with one attached hydrogen (secondary N) is 4. The van der Waals surface area contributed by atoms with E-state index in [2.05, 4.69) is 21.3 Å². The van der Waals surface area contributed by atoms with Gasteiger partial charge in [-0.2, -0.15) is 0 Å². The SMILES string of the molecule is CCC(C)NC(=O)c1ccc(NCC(=O)Nc2ccc(NC(=O)CCc3ccccc3)cc2)cc1. The molecule has 0 aliphatic rings. The van der Waals surface area contributed by atoms with Crippen LogP contribution in [0.15, 0.2) is 78.9 Å². The van der Waals surface area contributed by atoms with Gasteiger partial charge in [0.15, 0.2) is 0 Å². The first kappa shape index (κ1) is 25.5. The van der Waals surface area contributed by atoms with Crippen molar-refractivity contribution in [3.63, 3.8) is 0 Å². The normalized spacial score (nSPS) is 11.3. The second-order valence-corrected chi connectivity index (χ2v) is 8.37. The summed E-state index contributed by atoms with van der Waals surface area (Å²) >= 11 is 0. The number of anilines is 3. The summed E-state index contributed by atoms with van der Waals surface area (Å²) in [6.45, 7) is 4.06. The van der Waals surface area contributed by atoms with Crippen LogP contribution in [0.1, 0.15) is 42.6 Å². The van der Waals surface area contributed by atoms with Crippen molar-refractivity contribution < 1.29 is 14.4 Å². The molecular formula is C28H32N4O3. The van der Waals surface area contributed by atoms with Gasteiger partial charge in [-0.3, -0.25) is 14.4 Å². The lowest BCUT2D eigenvalue weighted by molar-refractivity contribution is -0.116. The Morgan fingerprint density at radius 2 is 1.31 bits per heavy atom. The predicted molar refractivity (Wildman–Crippen MR) is 141 cm³/mol. The predicted octanol–water partition coefficient (Wildman–Crippen LogP) is 4.84. The molecule has 1 unspecified atom stereocenters. The van der Waals surface area contributed by atoms with Gasteiger partial charge in [-0.1, -0.05) is 37.3 Å². The van der Waals surface area contributed by atoms with E-state index >= 15 is 0 Å². The van der Waals surface area contributed by atoms with E-state index in [0.717, 1.165) is 17.7 Å². The summed E-state index contributed by atoms with van der Waals surface area (Å²) in [4.78, 5) is 36.6. The summed E-state index contributed by atoms with van der Waals surface area (Å²) in [7, 11) is 0. The van der Waals surface area contributed by atoms with Crippen molar-refractivity contribution in [3.8, 4) is 0 Å².